The van der Waals surface area contributed by atoms with Gasteiger partial charge in [0.1, 0.15) is 22.3 Å². The molecule has 2 atom stereocenters. The van der Waals surface area contributed by atoms with Gasteiger partial charge in [0.2, 0.25) is 0 Å². The third kappa shape index (κ3) is 4.16. The molecule has 0 radical (unpaired) electrons. The molecule has 25 heavy (non-hydrogen) atoms. The van der Waals surface area contributed by atoms with Gasteiger partial charge < -0.3 is 10.6 Å². The lowest BCUT2D eigenvalue weighted by molar-refractivity contribution is 0.0656. The van der Waals surface area contributed by atoms with Gasteiger partial charge in [0, 0.05) is 24.5 Å². The van der Waals surface area contributed by atoms with Crippen molar-refractivity contribution in [3.63, 3.8) is 0 Å². The van der Waals surface area contributed by atoms with Crippen molar-refractivity contribution >= 4 is 29.7 Å². The van der Waals surface area contributed by atoms with E-state index < -0.39 is 11.6 Å². The normalized spacial score (nSPS) is 18.6. The van der Waals surface area contributed by atoms with E-state index in [1.165, 1.54) is 18.2 Å². The fourth-order valence-corrected chi connectivity index (χ4v) is 3.82. The molecule has 1 saturated heterocycles. The van der Waals surface area contributed by atoms with Gasteiger partial charge in [-0.2, -0.15) is 0 Å². The van der Waals surface area contributed by atoms with E-state index in [2.05, 4.69) is 4.98 Å². The van der Waals surface area contributed by atoms with Crippen molar-refractivity contribution in [2.75, 3.05) is 13.1 Å². The quantitative estimate of drug-likeness (QED) is 0.873. The molecule has 0 spiro atoms. The van der Waals surface area contributed by atoms with Crippen LogP contribution in [0.1, 0.15) is 30.3 Å². The van der Waals surface area contributed by atoms with Crippen LogP contribution in [0.3, 0.4) is 0 Å². The minimum absolute atomic E-state index is 0. The zero-order valence-electron chi connectivity index (χ0n) is 13.7. The summed E-state index contributed by atoms with van der Waals surface area (Å²) in [6.07, 6.45) is 1.90. The van der Waals surface area contributed by atoms with Crippen LogP contribution < -0.4 is 5.73 Å². The van der Waals surface area contributed by atoms with Crippen LogP contribution in [-0.2, 0) is 0 Å². The van der Waals surface area contributed by atoms with E-state index in [-0.39, 0.29) is 46.5 Å². The Morgan fingerprint density at radius 3 is 2.72 bits per heavy atom. The second-order valence-corrected chi connectivity index (χ2v) is 7.01. The van der Waals surface area contributed by atoms with Crippen molar-refractivity contribution in [2.45, 2.75) is 25.8 Å². The van der Waals surface area contributed by atoms with Gasteiger partial charge >= 0.3 is 0 Å². The Bertz CT molecular complexity index is 733. The largest absolute Gasteiger partial charge is 0.337 e. The first kappa shape index (κ1) is 19.8. The first-order valence-electron chi connectivity index (χ1n) is 7.92. The molecule has 2 heterocycles. The highest BCUT2D eigenvalue weighted by atomic mass is 35.5. The molecule has 1 amide bonds. The molecule has 0 bridgehead atoms. The van der Waals surface area contributed by atoms with Gasteiger partial charge in [0.05, 0.1) is 5.56 Å². The smallest absolute Gasteiger partial charge is 0.273 e. The number of thiazole rings is 1. The molecule has 1 aromatic heterocycles. The molecule has 0 saturated carbocycles. The summed E-state index contributed by atoms with van der Waals surface area (Å²) < 4.78 is 27.7. The number of carbonyl (C=O) groups excluding carboxylic acids is 1. The Hall–Kier alpha value is -1.57. The molecule has 1 fully saturated rings. The van der Waals surface area contributed by atoms with Crippen LogP contribution in [0.5, 0.6) is 0 Å². The maximum atomic E-state index is 13.9. The Morgan fingerprint density at radius 2 is 2.08 bits per heavy atom. The first-order valence-corrected chi connectivity index (χ1v) is 8.80. The number of rotatable bonds is 3. The van der Waals surface area contributed by atoms with Crippen molar-refractivity contribution in [2.24, 2.45) is 11.7 Å². The third-order valence-electron chi connectivity index (χ3n) is 4.39. The number of halogens is 3. The van der Waals surface area contributed by atoms with E-state index in [4.69, 9.17) is 5.73 Å². The molecular weight excluding hydrogens is 368 g/mol. The number of hydrogen-bond acceptors (Lipinski definition) is 4. The van der Waals surface area contributed by atoms with Crippen LogP contribution in [0.4, 0.5) is 8.78 Å². The fraction of sp³-hybridized carbons (Fsp3) is 0.412. The maximum absolute atomic E-state index is 13.9. The van der Waals surface area contributed by atoms with Crippen molar-refractivity contribution in [3.05, 3.63) is 40.9 Å². The van der Waals surface area contributed by atoms with Crippen molar-refractivity contribution in [3.8, 4) is 10.6 Å². The number of carbonyl (C=O) groups is 1. The Morgan fingerprint density at radius 1 is 1.40 bits per heavy atom. The molecule has 136 valence electrons. The molecule has 8 heteroatoms. The zero-order chi connectivity index (χ0) is 17.3. The molecule has 3 rings (SSSR count). The second kappa shape index (κ2) is 8.21. The lowest BCUT2D eigenvalue weighted by atomic mass is 9.92. The van der Waals surface area contributed by atoms with Crippen LogP contribution in [0.25, 0.3) is 10.6 Å². The van der Waals surface area contributed by atoms with Crippen molar-refractivity contribution in [1.29, 1.82) is 0 Å². The number of aromatic nitrogens is 1. The second-order valence-electron chi connectivity index (χ2n) is 6.15. The molecular formula is C17H20ClF2N3OS. The van der Waals surface area contributed by atoms with Crippen molar-refractivity contribution in [1.82, 2.24) is 9.88 Å². The van der Waals surface area contributed by atoms with Crippen LogP contribution in [0, 0.1) is 17.6 Å². The predicted octanol–water partition coefficient (Wildman–Crippen LogP) is 3.71. The molecule has 4 nitrogen and oxygen atoms in total. The van der Waals surface area contributed by atoms with Gasteiger partial charge in [-0.15, -0.1) is 23.7 Å². The predicted molar refractivity (Wildman–Crippen MR) is 97.0 cm³/mol. The minimum Gasteiger partial charge on any atom is -0.337 e. The van der Waals surface area contributed by atoms with E-state index in [0.717, 1.165) is 24.2 Å². The van der Waals surface area contributed by atoms with Gasteiger partial charge in [-0.05, 0) is 37.8 Å². The van der Waals surface area contributed by atoms with Gasteiger partial charge in [-0.3, -0.25) is 4.79 Å². The third-order valence-corrected chi connectivity index (χ3v) is 5.25. The first-order chi connectivity index (χ1) is 11.5. The van der Waals surface area contributed by atoms with Crippen LogP contribution in [-0.4, -0.2) is 34.9 Å². The van der Waals surface area contributed by atoms with Crippen molar-refractivity contribution < 1.29 is 13.6 Å². The number of piperidine rings is 1. The van der Waals surface area contributed by atoms with Crippen LogP contribution in [0.2, 0.25) is 0 Å². The Kier molecular flexibility index (Phi) is 6.48. The van der Waals surface area contributed by atoms with Gasteiger partial charge in [-0.25, -0.2) is 13.8 Å². The molecule has 0 aliphatic carbocycles. The number of benzene rings is 1. The van der Waals surface area contributed by atoms with Gasteiger partial charge in [-0.1, -0.05) is 6.07 Å². The number of hydrogen-bond donors (Lipinski definition) is 1. The zero-order valence-corrected chi connectivity index (χ0v) is 15.4. The summed E-state index contributed by atoms with van der Waals surface area (Å²) >= 11 is 1.07. The van der Waals surface area contributed by atoms with E-state index in [1.54, 1.807) is 10.3 Å². The lowest BCUT2D eigenvalue weighted by Crippen LogP contribution is -2.45. The number of nitrogens with two attached hydrogens (primary N) is 1. The van der Waals surface area contributed by atoms with Crippen LogP contribution in [0.15, 0.2) is 23.6 Å². The van der Waals surface area contributed by atoms with Crippen LogP contribution >= 0.6 is 23.7 Å². The topological polar surface area (TPSA) is 59.2 Å². The Labute approximate surface area is 155 Å². The summed E-state index contributed by atoms with van der Waals surface area (Å²) in [5, 5.41) is 1.73. The standard InChI is InChI=1S/C17H19F2N3OS.ClH/c1-10(20)11-4-3-7-22(8-11)17(23)14-9-24-16(21-14)15-12(18)5-2-6-13(15)19;/h2,5-6,9-11H,3-4,7-8,20H2,1H3;1H. The highest BCUT2D eigenvalue weighted by Gasteiger charge is 2.28. The van der Waals surface area contributed by atoms with E-state index in [1.807, 2.05) is 6.92 Å². The molecule has 1 aromatic carbocycles. The summed E-state index contributed by atoms with van der Waals surface area (Å²) in [5.74, 6) is -1.30. The molecule has 2 unspecified atom stereocenters. The molecule has 2 N–H and O–H groups in total. The molecule has 1 aliphatic heterocycles. The number of amides is 1. The number of likely N-dealkylation sites (tertiary alicyclic amines) is 1. The lowest BCUT2D eigenvalue weighted by Gasteiger charge is -2.34. The van der Waals surface area contributed by atoms with E-state index in [0.29, 0.717) is 13.1 Å². The monoisotopic (exact) mass is 387 g/mol. The average molecular weight is 388 g/mol. The van der Waals surface area contributed by atoms with E-state index in [9.17, 15) is 13.6 Å². The summed E-state index contributed by atoms with van der Waals surface area (Å²) in [5.41, 5.74) is 5.99. The van der Waals surface area contributed by atoms with E-state index >= 15 is 0 Å². The summed E-state index contributed by atoms with van der Waals surface area (Å²) in [7, 11) is 0. The summed E-state index contributed by atoms with van der Waals surface area (Å²) in [6, 6.07) is 3.69. The SMILES string of the molecule is CC(N)C1CCCN(C(=O)c2csc(-c3c(F)cccc3F)n2)C1.Cl. The van der Waals surface area contributed by atoms with Gasteiger partial charge in [0.25, 0.3) is 5.91 Å². The average Bonchev–Trinajstić information content (AvgIpc) is 3.03. The minimum atomic E-state index is -0.682. The maximum Gasteiger partial charge on any atom is 0.273 e. The number of nitrogens with zero attached hydrogens (tertiary/aromatic N) is 2. The highest BCUT2D eigenvalue weighted by molar-refractivity contribution is 7.13. The molecule has 2 aromatic rings. The van der Waals surface area contributed by atoms with Gasteiger partial charge in [0.15, 0.2) is 0 Å². The Balaban J connectivity index is 0.00000225. The summed E-state index contributed by atoms with van der Waals surface area (Å²) in [4.78, 5) is 18.5. The fourth-order valence-electron chi connectivity index (χ4n) is 2.97. The highest BCUT2D eigenvalue weighted by Crippen LogP contribution is 2.29. The molecule has 1 aliphatic rings. The summed E-state index contributed by atoms with van der Waals surface area (Å²) in [6.45, 7) is 3.20.